The van der Waals surface area contributed by atoms with Crippen LogP contribution in [0.4, 0.5) is 11.4 Å². The molecule has 0 spiro atoms. The van der Waals surface area contributed by atoms with Crippen molar-refractivity contribution in [2.24, 2.45) is 0 Å². The van der Waals surface area contributed by atoms with E-state index in [4.69, 9.17) is 25.8 Å². The molecule has 9 nitrogen and oxygen atoms in total. The highest BCUT2D eigenvalue weighted by atomic mass is 35.5. The molecular formula is C19H19ClN2O7S. The molecular weight excluding hydrogens is 436 g/mol. The van der Waals surface area contributed by atoms with Crippen molar-refractivity contribution in [2.45, 2.75) is 6.92 Å². The summed E-state index contributed by atoms with van der Waals surface area (Å²) in [5, 5.41) is 2.67. The van der Waals surface area contributed by atoms with Gasteiger partial charge in [-0.3, -0.25) is 9.10 Å². The number of sulfonamides is 1. The monoisotopic (exact) mass is 454 g/mol. The Morgan fingerprint density at radius 2 is 1.90 bits per heavy atom. The molecule has 11 heteroatoms. The Hall–Kier alpha value is -2.98. The lowest BCUT2D eigenvalue weighted by Gasteiger charge is -2.22. The van der Waals surface area contributed by atoms with Crippen LogP contribution in [0.1, 0.15) is 17.3 Å². The molecule has 1 heterocycles. The first-order valence-electron chi connectivity index (χ1n) is 8.83. The number of ether oxygens (including phenoxy) is 3. The Labute approximate surface area is 178 Å². The molecule has 0 fully saturated rings. The lowest BCUT2D eigenvalue weighted by atomic mass is 10.2. The van der Waals surface area contributed by atoms with E-state index in [0.717, 1.165) is 10.6 Å². The fraction of sp³-hybridized carbons (Fsp3) is 0.263. The molecule has 0 saturated heterocycles. The van der Waals surface area contributed by atoms with Crippen molar-refractivity contribution in [1.29, 1.82) is 0 Å². The Kier molecular flexibility index (Phi) is 6.37. The molecule has 2 aromatic carbocycles. The number of carbonyl (C=O) groups excluding carboxylic acids is 2. The van der Waals surface area contributed by atoms with E-state index >= 15 is 0 Å². The number of anilines is 2. The van der Waals surface area contributed by atoms with Crippen LogP contribution in [0.3, 0.4) is 0 Å². The smallest absolute Gasteiger partial charge is 0.339 e. The van der Waals surface area contributed by atoms with E-state index in [1.165, 1.54) is 30.3 Å². The minimum absolute atomic E-state index is 0.0424. The van der Waals surface area contributed by atoms with Crippen molar-refractivity contribution in [3.8, 4) is 11.5 Å². The molecule has 0 aliphatic carbocycles. The van der Waals surface area contributed by atoms with Gasteiger partial charge in [-0.05, 0) is 37.3 Å². The summed E-state index contributed by atoms with van der Waals surface area (Å²) in [6, 6.07) is 8.86. The minimum Gasteiger partial charge on any atom is -0.462 e. The zero-order chi connectivity index (χ0) is 21.9. The van der Waals surface area contributed by atoms with Crippen LogP contribution in [-0.4, -0.2) is 46.5 Å². The molecule has 0 saturated carbocycles. The molecule has 1 N–H and O–H groups in total. The number of nitrogens with one attached hydrogen (secondary N) is 1. The van der Waals surface area contributed by atoms with Gasteiger partial charge in [0.05, 0.1) is 29.1 Å². The largest absolute Gasteiger partial charge is 0.462 e. The van der Waals surface area contributed by atoms with Gasteiger partial charge in [-0.2, -0.15) is 0 Å². The summed E-state index contributed by atoms with van der Waals surface area (Å²) in [6.45, 7) is 1.44. The van der Waals surface area contributed by atoms with E-state index in [9.17, 15) is 18.0 Å². The second-order valence-corrected chi connectivity index (χ2v) is 8.58. The summed E-state index contributed by atoms with van der Waals surface area (Å²) in [4.78, 5) is 24.3. The lowest BCUT2D eigenvalue weighted by molar-refractivity contribution is -0.114. The van der Waals surface area contributed by atoms with E-state index < -0.39 is 28.4 Å². The van der Waals surface area contributed by atoms with Gasteiger partial charge in [-0.1, -0.05) is 11.6 Å². The molecule has 0 atom stereocenters. The first-order chi connectivity index (χ1) is 14.2. The van der Waals surface area contributed by atoms with Gasteiger partial charge in [0, 0.05) is 11.8 Å². The van der Waals surface area contributed by atoms with Crippen LogP contribution in [-0.2, 0) is 19.6 Å². The number of halogens is 1. The van der Waals surface area contributed by atoms with Crippen molar-refractivity contribution < 1.29 is 32.2 Å². The zero-order valence-electron chi connectivity index (χ0n) is 16.2. The minimum atomic E-state index is -3.77. The Bertz CT molecular complexity index is 1090. The number of amides is 1. The molecule has 30 heavy (non-hydrogen) atoms. The van der Waals surface area contributed by atoms with E-state index in [2.05, 4.69) is 5.32 Å². The van der Waals surface area contributed by atoms with E-state index in [0.29, 0.717) is 17.2 Å². The number of esters is 1. The molecule has 2 aromatic rings. The Morgan fingerprint density at radius 1 is 1.17 bits per heavy atom. The van der Waals surface area contributed by atoms with Crippen molar-refractivity contribution in [1.82, 2.24) is 0 Å². The van der Waals surface area contributed by atoms with Crippen LogP contribution in [0, 0.1) is 0 Å². The molecule has 0 aromatic heterocycles. The van der Waals surface area contributed by atoms with Crippen LogP contribution in [0.2, 0.25) is 5.02 Å². The number of hydrogen-bond acceptors (Lipinski definition) is 7. The van der Waals surface area contributed by atoms with Gasteiger partial charge >= 0.3 is 5.97 Å². The van der Waals surface area contributed by atoms with Crippen molar-refractivity contribution >= 4 is 44.9 Å². The average Bonchev–Trinajstić information content (AvgIpc) is 3.13. The predicted molar refractivity (Wildman–Crippen MR) is 111 cm³/mol. The van der Waals surface area contributed by atoms with Gasteiger partial charge in [0.2, 0.25) is 22.7 Å². The fourth-order valence-corrected chi connectivity index (χ4v) is 3.84. The summed E-state index contributed by atoms with van der Waals surface area (Å²) >= 11 is 6.09. The maximum atomic E-state index is 12.5. The van der Waals surface area contributed by atoms with Crippen LogP contribution in [0.25, 0.3) is 0 Å². The highest BCUT2D eigenvalue weighted by Gasteiger charge is 2.24. The second-order valence-electron chi connectivity index (χ2n) is 6.27. The molecule has 0 radical (unpaired) electrons. The normalized spacial score (nSPS) is 12.4. The second kappa shape index (κ2) is 8.80. The third-order valence-electron chi connectivity index (χ3n) is 4.08. The molecule has 3 rings (SSSR count). The number of fused-ring (bicyclic) bond motifs is 1. The summed E-state index contributed by atoms with van der Waals surface area (Å²) in [7, 11) is -3.77. The number of rotatable bonds is 7. The molecule has 0 bridgehead atoms. The molecule has 160 valence electrons. The number of benzene rings is 2. The maximum Gasteiger partial charge on any atom is 0.339 e. The van der Waals surface area contributed by atoms with Gasteiger partial charge < -0.3 is 19.5 Å². The van der Waals surface area contributed by atoms with Crippen molar-refractivity contribution in [3.05, 3.63) is 47.0 Å². The van der Waals surface area contributed by atoms with E-state index in [-0.39, 0.29) is 29.7 Å². The first kappa shape index (κ1) is 21.7. The number of nitrogens with zero attached hydrogens (tertiary/aromatic N) is 1. The quantitative estimate of drug-likeness (QED) is 0.640. The Morgan fingerprint density at radius 3 is 2.57 bits per heavy atom. The molecule has 0 unspecified atom stereocenters. The highest BCUT2D eigenvalue weighted by molar-refractivity contribution is 7.92. The van der Waals surface area contributed by atoms with Crippen molar-refractivity contribution in [3.63, 3.8) is 0 Å². The van der Waals surface area contributed by atoms with Crippen LogP contribution < -0.4 is 19.1 Å². The first-order valence-corrected chi connectivity index (χ1v) is 11.1. The maximum absolute atomic E-state index is 12.5. The van der Waals surface area contributed by atoms with Crippen LogP contribution in [0.5, 0.6) is 11.5 Å². The third kappa shape index (κ3) is 4.95. The number of hydrogen-bond donors (Lipinski definition) is 1. The standard InChI is InChI=1S/C19H19ClN2O7S/c1-3-27-19(24)14-6-4-12(8-15(14)20)21-18(23)10-22(30(2,25)26)13-5-7-16-17(9-13)29-11-28-16/h4-9H,3,10-11H2,1-2H3,(H,21,23). The lowest BCUT2D eigenvalue weighted by Crippen LogP contribution is -2.37. The predicted octanol–water partition coefficient (Wildman–Crippen LogP) is 2.65. The van der Waals surface area contributed by atoms with Crippen LogP contribution in [0.15, 0.2) is 36.4 Å². The number of carbonyl (C=O) groups is 2. The average molecular weight is 455 g/mol. The van der Waals surface area contributed by atoms with Gasteiger partial charge in [0.1, 0.15) is 6.54 Å². The summed E-state index contributed by atoms with van der Waals surface area (Å²) < 4.78 is 40.8. The highest BCUT2D eigenvalue weighted by Crippen LogP contribution is 2.36. The van der Waals surface area contributed by atoms with E-state index in [1.54, 1.807) is 13.0 Å². The van der Waals surface area contributed by atoms with E-state index in [1.807, 2.05) is 0 Å². The van der Waals surface area contributed by atoms with Gasteiger partial charge in [0.15, 0.2) is 11.5 Å². The molecule has 1 amide bonds. The van der Waals surface area contributed by atoms with Gasteiger partial charge in [-0.25, -0.2) is 13.2 Å². The molecule has 1 aliphatic rings. The zero-order valence-corrected chi connectivity index (χ0v) is 17.7. The van der Waals surface area contributed by atoms with Crippen molar-refractivity contribution in [2.75, 3.05) is 35.8 Å². The summed E-state index contributed by atoms with van der Waals surface area (Å²) in [5.74, 6) is -0.291. The Balaban J connectivity index is 1.76. The molecule has 1 aliphatic heterocycles. The topological polar surface area (TPSA) is 111 Å². The summed E-state index contributed by atoms with van der Waals surface area (Å²) in [5.41, 5.74) is 0.722. The SMILES string of the molecule is CCOC(=O)c1ccc(NC(=O)CN(c2ccc3c(c2)OCO3)S(C)(=O)=O)cc1Cl. The van der Waals surface area contributed by atoms with Crippen LogP contribution >= 0.6 is 11.6 Å². The van der Waals surface area contributed by atoms with Gasteiger partial charge in [-0.15, -0.1) is 0 Å². The third-order valence-corrected chi connectivity index (χ3v) is 5.53. The van der Waals surface area contributed by atoms with Gasteiger partial charge in [0.25, 0.3) is 0 Å². The summed E-state index contributed by atoms with van der Waals surface area (Å²) in [6.07, 6.45) is 0.996. The fourth-order valence-electron chi connectivity index (χ4n) is 2.74.